The van der Waals surface area contributed by atoms with Crippen LogP contribution in [0.15, 0.2) is 218 Å². The minimum Gasteiger partial charge on any atom is -0.311 e. The lowest BCUT2D eigenvalue weighted by molar-refractivity contribution is 0.720. The molecule has 0 spiro atoms. The molecule has 0 amide bonds. The summed E-state index contributed by atoms with van der Waals surface area (Å²) in [7, 11) is 0. The summed E-state index contributed by atoms with van der Waals surface area (Å²) in [6.45, 7) is 2.28. The quantitative estimate of drug-likeness (QED) is 0.124. The lowest BCUT2D eigenvalue weighted by Gasteiger charge is -2.25. The second-order valence-electron chi connectivity index (χ2n) is 13.1. The number of anilines is 3. The minimum atomic E-state index is 0.541. The van der Waals surface area contributed by atoms with Gasteiger partial charge in [-0.1, -0.05) is 195 Å². The van der Waals surface area contributed by atoms with Crippen molar-refractivity contribution in [2.75, 3.05) is 4.90 Å². The Labute approximate surface area is 309 Å². The molecule has 0 bridgehead atoms. The molecule has 1 unspecified atom stereocenters. The third kappa shape index (κ3) is 8.64. The van der Waals surface area contributed by atoms with E-state index in [1.165, 1.54) is 33.4 Å². The van der Waals surface area contributed by atoms with Gasteiger partial charge >= 0.3 is 0 Å². The smallest absolute Gasteiger partial charge is 0.0462 e. The standard InChI is InChI=1S/C51H43N/c1-40-17-14-26-46(39-40)51(45-24-10-4-11-25-45)30-16-19-42-33-37-49(38-34-42)52(47-27-12-5-13-28-47)48-35-31-41(32-36-48)18-15-29-50(43-20-6-2-7-21-43)44-22-8-3-9-23-44/h2-38,40H,39H2,1H3. The molecule has 1 atom stereocenters. The number of hydrogen-bond acceptors (Lipinski definition) is 1. The highest BCUT2D eigenvalue weighted by molar-refractivity contribution is 5.83. The monoisotopic (exact) mass is 669 g/mol. The van der Waals surface area contributed by atoms with Gasteiger partial charge in [-0.15, -0.1) is 0 Å². The highest BCUT2D eigenvalue weighted by Crippen LogP contribution is 2.35. The van der Waals surface area contributed by atoms with E-state index in [0.29, 0.717) is 5.92 Å². The van der Waals surface area contributed by atoms with Gasteiger partial charge in [-0.05, 0) is 93.3 Å². The maximum absolute atomic E-state index is 2.31. The zero-order chi connectivity index (χ0) is 35.4. The first-order valence-corrected chi connectivity index (χ1v) is 18.1. The molecule has 1 aliphatic rings. The van der Waals surface area contributed by atoms with Gasteiger partial charge in [-0.3, -0.25) is 0 Å². The molecule has 0 aromatic heterocycles. The zero-order valence-electron chi connectivity index (χ0n) is 29.6. The van der Waals surface area contributed by atoms with Crippen molar-refractivity contribution in [3.05, 3.63) is 246 Å². The van der Waals surface area contributed by atoms with Crippen LogP contribution in [0, 0.1) is 5.92 Å². The van der Waals surface area contributed by atoms with E-state index in [2.05, 4.69) is 236 Å². The van der Waals surface area contributed by atoms with Crippen molar-refractivity contribution < 1.29 is 0 Å². The molecule has 52 heavy (non-hydrogen) atoms. The van der Waals surface area contributed by atoms with Crippen molar-refractivity contribution in [3.8, 4) is 0 Å². The highest BCUT2D eigenvalue weighted by Gasteiger charge is 2.13. The summed E-state index contributed by atoms with van der Waals surface area (Å²) in [4.78, 5) is 2.31. The summed E-state index contributed by atoms with van der Waals surface area (Å²) >= 11 is 0. The van der Waals surface area contributed by atoms with Gasteiger partial charge in [0.2, 0.25) is 0 Å². The van der Waals surface area contributed by atoms with Gasteiger partial charge in [0.15, 0.2) is 0 Å². The van der Waals surface area contributed by atoms with E-state index in [0.717, 1.165) is 34.6 Å². The number of rotatable bonds is 11. The van der Waals surface area contributed by atoms with Gasteiger partial charge in [0.1, 0.15) is 0 Å². The molecular weight excluding hydrogens is 627 g/mol. The van der Waals surface area contributed by atoms with Crippen LogP contribution in [0.25, 0.3) is 23.3 Å². The predicted octanol–water partition coefficient (Wildman–Crippen LogP) is 13.9. The van der Waals surface area contributed by atoms with Crippen LogP contribution in [-0.4, -0.2) is 0 Å². The fraction of sp³-hybridized carbons (Fsp3) is 0.0588. The van der Waals surface area contributed by atoms with E-state index in [-0.39, 0.29) is 0 Å². The number of allylic oxidation sites excluding steroid dienone is 9. The van der Waals surface area contributed by atoms with Gasteiger partial charge in [0.25, 0.3) is 0 Å². The van der Waals surface area contributed by atoms with Gasteiger partial charge in [-0.2, -0.15) is 0 Å². The van der Waals surface area contributed by atoms with Crippen LogP contribution < -0.4 is 4.90 Å². The first kappa shape index (κ1) is 34.0. The van der Waals surface area contributed by atoms with Gasteiger partial charge < -0.3 is 4.90 Å². The van der Waals surface area contributed by atoms with Crippen LogP contribution in [0.4, 0.5) is 17.1 Å². The van der Waals surface area contributed by atoms with Crippen molar-refractivity contribution >= 4 is 40.4 Å². The average Bonchev–Trinajstić information content (AvgIpc) is 3.21. The molecule has 0 saturated heterocycles. The number of para-hydroxylation sites is 1. The van der Waals surface area contributed by atoms with Crippen LogP contribution in [-0.2, 0) is 0 Å². The topological polar surface area (TPSA) is 3.24 Å². The molecule has 1 heteroatoms. The third-order valence-electron chi connectivity index (χ3n) is 9.30. The molecule has 0 saturated carbocycles. The zero-order valence-corrected chi connectivity index (χ0v) is 29.6. The van der Waals surface area contributed by atoms with Crippen LogP contribution >= 0.6 is 0 Å². The molecular formula is C51H43N. The normalized spacial score (nSPS) is 14.4. The molecule has 0 aliphatic heterocycles. The van der Waals surface area contributed by atoms with Crippen molar-refractivity contribution in [2.24, 2.45) is 5.92 Å². The van der Waals surface area contributed by atoms with Crippen LogP contribution in [0.5, 0.6) is 0 Å². The van der Waals surface area contributed by atoms with E-state index in [1.807, 2.05) is 0 Å². The maximum Gasteiger partial charge on any atom is 0.0462 e. The molecule has 6 aromatic carbocycles. The van der Waals surface area contributed by atoms with Crippen LogP contribution in [0.3, 0.4) is 0 Å². The predicted molar refractivity (Wildman–Crippen MR) is 225 cm³/mol. The van der Waals surface area contributed by atoms with Crippen molar-refractivity contribution in [1.82, 2.24) is 0 Å². The van der Waals surface area contributed by atoms with E-state index in [9.17, 15) is 0 Å². The summed E-state index contributed by atoms with van der Waals surface area (Å²) < 4.78 is 0. The Kier molecular flexibility index (Phi) is 11.1. The fourth-order valence-electron chi connectivity index (χ4n) is 6.65. The average molecular weight is 670 g/mol. The van der Waals surface area contributed by atoms with E-state index in [1.54, 1.807) is 0 Å². The van der Waals surface area contributed by atoms with E-state index < -0.39 is 0 Å². The lowest BCUT2D eigenvalue weighted by atomic mass is 9.87. The number of benzene rings is 6. The molecule has 0 radical (unpaired) electrons. The summed E-state index contributed by atoms with van der Waals surface area (Å²) in [6, 6.07) is 60.0. The molecule has 1 nitrogen and oxygen atoms in total. The summed E-state index contributed by atoms with van der Waals surface area (Å²) in [5, 5.41) is 0. The minimum absolute atomic E-state index is 0.541. The Morgan fingerprint density at radius 1 is 0.481 bits per heavy atom. The molecule has 1 aliphatic carbocycles. The largest absolute Gasteiger partial charge is 0.311 e. The highest BCUT2D eigenvalue weighted by atomic mass is 15.1. The van der Waals surface area contributed by atoms with Gasteiger partial charge in [0, 0.05) is 17.1 Å². The summed E-state index contributed by atoms with van der Waals surface area (Å²) in [5.74, 6) is 0.541. The third-order valence-corrected chi connectivity index (χ3v) is 9.30. The molecule has 0 heterocycles. The number of nitrogens with zero attached hydrogens (tertiary/aromatic N) is 1. The number of hydrogen-bond donors (Lipinski definition) is 0. The van der Waals surface area contributed by atoms with Crippen LogP contribution in [0.1, 0.15) is 41.2 Å². The van der Waals surface area contributed by atoms with Crippen molar-refractivity contribution in [3.63, 3.8) is 0 Å². The maximum atomic E-state index is 2.31. The molecule has 6 aromatic rings. The van der Waals surface area contributed by atoms with E-state index >= 15 is 0 Å². The van der Waals surface area contributed by atoms with Crippen molar-refractivity contribution in [2.45, 2.75) is 13.3 Å². The first-order valence-electron chi connectivity index (χ1n) is 18.1. The summed E-state index contributed by atoms with van der Waals surface area (Å²) in [6.07, 6.45) is 20.9. The molecule has 0 fully saturated rings. The second-order valence-corrected chi connectivity index (χ2v) is 13.1. The Hall–Kier alpha value is -6.44. The van der Waals surface area contributed by atoms with Gasteiger partial charge in [-0.25, -0.2) is 0 Å². The first-order chi connectivity index (χ1) is 25.7. The second kappa shape index (κ2) is 17.0. The lowest BCUT2D eigenvalue weighted by Crippen LogP contribution is -2.09. The molecule has 252 valence electrons. The Bertz CT molecular complexity index is 2180. The molecule has 0 N–H and O–H groups in total. The SMILES string of the molecule is CC1C=CC=C(C(=CC=Cc2ccc(N(c3ccccc3)c3ccc(C=CC=C(c4ccccc4)c4ccccc4)cc3)cc2)c2ccccc2)C1. The van der Waals surface area contributed by atoms with E-state index in [4.69, 9.17) is 0 Å². The molecule has 7 rings (SSSR count). The Morgan fingerprint density at radius 3 is 1.35 bits per heavy atom. The summed E-state index contributed by atoms with van der Waals surface area (Å²) in [5.41, 5.74) is 13.1. The fourth-order valence-corrected chi connectivity index (χ4v) is 6.65. The van der Waals surface area contributed by atoms with Gasteiger partial charge in [0.05, 0.1) is 0 Å². The van der Waals surface area contributed by atoms with Crippen LogP contribution in [0.2, 0.25) is 0 Å². The Morgan fingerprint density at radius 2 is 0.885 bits per heavy atom. The Balaban J connectivity index is 1.12. The van der Waals surface area contributed by atoms with Crippen molar-refractivity contribution in [1.29, 1.82) is 0 Å².